The van der Waals surface area contributed by atoms with Gasteiger partial charge in [0.25, 0.3) is 0 Å². The zero-order chi connectivity index (χ0) is 14.8. The van der Waals surface area contributed by atoms with Crippen molar-refractivity contribution in [3.8, 4) is 0 Å². The average molecular weight is 290 g/mol. The number of hydrogen-bond acceptors (Lipinski definition) is 2. The normalized spacial score (nSPS) is 23.5. The van der Waals surface area contributed by atoms with Gasteiger partial charge in [-0.1, -0.05) is 25.0 Å². The molecule has 1 saturated carbocycles. The molecule has 2 fully saturated rings. The number of carbonyl (C=O) groups excluding carboxylic acids is 1. The van der Waals surface area contributed by atoms with Crippen LogP contribution in [-0.2, 0) is 4.79 Å². The van der Waals surface area contributed by atoms with Crippen LogP contribution in [0, 0.1) is 11.7 Å². The van der Waals surface area contributed by atoms with Gasteiger partial charge in [-0.2, -0.15) is 0 Å². The van der Waals surface area contributed by atoms with Crippen LogP contribution in [0.1, 0.15) is 32.1 Å². The first-order valence-electron chi connectivity index (χ1n) is 7.93. The summed E-state index contributed by atoms with van der Waals surface area (Å²) in [7, 11) is 2.03. The highest BCUT2D eigenvalue weighted by molar-refractivity contribution is 5.99. The van der Waals surface area contributed by atoms with Gasteiger partial charge in [-0.3, -0.25) is 9.69 Å². The summed E-state index contributed by atoms with van der Waals surface area (Å²) in [4.78, 5) is 16.4. The Bertz CT molecular complexity index is 513. The number of amides is 1. The molecule has 3 rings (SSSR count). The molecular weight excluding hydrogens is 267 g/mol. The largest absolute Gasteiger partial charge is 0.308 e. The number of nitrogens with zero attached hydrogens (tertiary/aromatic N) is 2. The smallest absolute Gasteiger partial charge is 0.244 e. The lowest BCUT2D eigenvalue weighted by atomic mass is 10.1. The third kappa shape index (κ3) is 2.95. The highest BCUT2D eigenvalue weighted by Crippen LogP contribution is 2.29. The SMILES string of the molecule is CN(CC1CCCC1)C1CCN(c2ccccc2F)C1=O. The minimum absolute atomic E-state index is 0.0422. The Balaban J connectivity index is 1.67. The number of anilines is 1. The Hall–Kier alpha value is -1.42. The van der Waals surface area contributed by atoms with Crippen molar-refractivity contribution in [2.45, 2.75) is 38.1 Å². The molecule has 1 aliphatic carbocycles. The third-order valence-corrected chi connectivity index (χ3v) is 4.87. The van der Waals surface area contributed by atoms with E-state index in [0.717, 1.165) is 18.9 Å². The van der Waals surface area contributed by atoms with E-state index in [1.807, 2.05) is 7.05 Å². The zero-order valence-corrected chi connectivity index (χ0v) is 12.6. The maximum absolute atomic E-state index is 13.9. The van der Waals surface area contributed by atoms with Gasteiger partial charge in [-0.05, 0) is 44.4 Å². The van der Waals surface area contributed by atoms with Gasteiger partial charge >= 0.3 is 0 Å². The quantitative estimate of drug-likeness (QED) is 0.851. The van der Waals surface area contributed by atoms with Crippen LogP contribution in [0.5, 0.6) is 0 Å². The minimum atomic E-state index is -0.315. The van der Waals surface area contributed by atoms with E-state index in [2.05, 4.69) is 4.90 Å². The summed E-state index contributed by atoms with van der Waals surface area (Å²) in [6.45, 7) is 1.60. The van der Waals surface area contributed by atoms with Crippen LogP contribution in [0.2, 0.25) is 0 Å². The Morgan fingerprint density at radius 2 is 1.95 bits per heavy atom. The highest BCUT2D eigenvalue weighted by Gasteiger charge is 2.36. The molecule has 1 unspecified atom stereocenters. The Morgan fingerprint density at radius 3 is 2.67 bits per heavy atom. The number of halogens is 1. The van der Waals surface area contributed by atoms with Crippen molar-refractivity contribution in [3.63, 3.8) is 0 Å². The molecule has 1 aromatic carbocycles. The van der Waals surface area contributed by atoms with Gasteiger partial charge in [0.1, 0.15) is 5.82 Å². The molecule has 114 valence electrons. The molecule has 0 radical (unpaired) electrons. The molecular formula is C17H23FN2O. The lowest BCUT2D eigenvalue weighted by molar-refractivity contribution is -0.121. The molecule has 1 saturated heterocycles. The van der Waals surface area contributed by atoms with E-state index in [0.29, 0.717) is 12.2 Å². The molecule has 0 aromatic heterocycles. The first-order valence-corrected chi connectivity index (χ1v) is 7.93. The summed E-state index contributed by atoms with van der Waals surface area (Å²) < 4.78 is 13.9. The Kier molecular flexibility index (Phi) is 4.24. The summed E-state index contributed by atoms with van der Waals surface area (Å²) in [5.41, 5.74) is 0.416. The molecule has 1 aromatic rings. The maximum atomic E-state index is 13.9. The summed E-state index contributed by atoms with van der Waals surface area (Å²) in [6, 6.07) is 6.44. The van der Waals surface area contributed by atoms with E-state index in [4.69, 9.17) is 0 Å². The molecule has 3 nitrogen and oxygen atoms in total. The number of rotatable bonds is 4. The molecule has 1 atom stereocenters. The van der Waals surface area contributed by atoms with Gasteiger partial charge in [0, 0.05) is 13.1 Å². The first-order chi connectivity index (χ1) is 10.2. The first kappa shape index (κ1) is 14.5. The number of hydrogen-bond donors (Lipinski definition) is 0. The second kappa shape index (κ2) is 6.14. The molecule has 0 spiro atoms. The van der Waals surface area contributed by atoms with E-state index in [-0.39, 0.29) is 17.8 Å². The topological polar surface area (TPSA) is 23.6 Å². The van der Waals surface area contributed by atoms with Crippen LogP contribution in [0.4, 0.5) is 10.1 Å². The number of benzene rings is 1. The fourth-order valence-corrected chi connectivity index (χ4v) is 3.71. The van der Waals surface area contributed by atoms with Crippen LogP contribution in [0.15, 0.2) is 24.3 Å². The van der Waals surface area contributed by atoms with Crippen LogP contribution >= 0.6 is 0 Å². The molecule has 2 aliphatic rings. The summed E-state index contributed by atoms with van der Waals surface area (Å²) >= 11 is 0. The standard InChI is InChI=1S/C17H23FN2O/c1-19(12-13-6-2-3-7-13)16-10-11-20(17(16)21)15-9-5-4-8-14(15)18/h4-5,8-9,13,16H,2-3,6-7,10-12H2,1H3. The Morgan fingerprint density at radius 1 is 1.24 bits per heavy atom. The number of para-hydroxylation sites is 1. The van der Waals surface area contributed by atoms with Gasteiger partial charge in [0.15, 0.2) is 0 Å². The van der Waals surface area contributed by atoms with Crippen molar-refractivity contribution in [1.29, 1.82) is 0 Å². The fourth-order valence-electron chi connectivity index (χ4n) is 3.71. The average Bonchev–Trinajstić information content (AvgIpc) is 3.09. The molecule has 1 heterocycles. The molecule has 4 heteroatoms. The van der Waals surface area contributed by atoms with E-state index >= 15 is 0 Å². The minimum Gasteiger partial charge on any atom is -0.308 e. The van der Waals surface area contributed by atoms with Crippen molar-refractivity contribution in [2.24, 2.45) is 5.92 Å². The second-order valence-electron chi connectivity index (χ2n) is 6.34. The van der Waals surface area contributed by atoms with Crippen molar-refractivity contribution in [2.75, 3.05) is 25.0 Å². The monoisotopic (exact) mass is 290 g/mol. The van der Waals surface area contributed by atoms with Crippen molar-refractivity contribution in [3.05, 3.63) is 30.1 Å². The fraction of sp³-hybridized carbons (Fsp3) is 0.588. The number of likely N-dealkylation sites (N-methyl/N-ethyl adjacent to an activating group) is 1. The highest BCUT2D eigenvalue weighted by atomic mass is 19.1. The van der Waals surface area contributed by atoms with E-state index in [9.17, 15) is 9.18 Å². The lowest BCUT2D eigenvalue weighted by Gasteiger charge is -2.26. The van der Waals surface area contributed by atoms with Crippen LogP contribution in [-0.4, -0.2) is 37.0 Å². The van der Waals surface area contributed by atoms with E-state index < -0.39 is 0 Å². The predicted molar refractivity (Wildman–Crippen MR) is 81.7 cm³/mol. The number of carbonyl (C=O) groups is 1. The summed E-state index contributed by atoms with van der Waals surface area (Å²) in [6.07, 6.45) is 5.98. The zero-order valence-electron chi connectivity index (χ0n) is 12.6. The summed E-state index contributed by atoms with van der Waals surface area (Å²) in [5, 5.41) is 0. The maximum Gasteiger partial charge on any atom is 0.244 e. The van der Waals surface area contributed by atoms with Gasteiger partial charge in [-0.15, -0.1) is 0 Å². The van der Waals surface area contributed by atoms with E-state index in [1.165, 1.54) is 31.7 Å². The molecule has 0 N–H and O–H groups in total. The van der Waals surface area contributed by atoms with Gasteiger partial charge in [-0.25, -0.2) is 4.39 Å². The predicted octanol–water partition coefficient (Wildman–Crippen LogP) is 3.05. The molecule has 1 aliphatic heterocycles. The Labute approximate surface area is 125 Å². The van der Waals surface area contributed by atoms with Crippen LogP contribution in [0.25, 0.3) is 0 Å². The molecule has 1 amide bonds. The van der Waals surface area contributed by atoms with Crippen molar-refractivity contribution >= 4 is 11.6 Å². The van der Waals surface area contributed by atoms with Crippen molar-refractivity contribution < 1.29 is 9.18 Å². The van der Waals surface area contributed by atoms with Gasteiger partial charge < -0.3 is 4.90 Å². The van der Waals surface area contributed by atoms with E-state index in [1.54, 1.807) is 23.1 Å². The van der Waals surface area contributed by atoms with Crippen LogP contribution < -0.4 is 4.90 Å². The van der Waals surface area contributed by atoms with Gasteiger partial charge in [0.05, 0.1) is 11.7 Å². The van der Waals surface area contributed by atoms with Crippen molar-refractivity contribution in [1.82, 2.24) is 4.90 Å². The second-order valence-corrected chi connectivity index (χ2v) is 6.34. The lowest BCUT2D eigenvalue weighted by Crippen LogP contribution is -2.41. The van der Waals surface area contributed by atoms with Crippen LogP contribution in [0.3, 0.4) is 0 Å². The molecule has 0 bridgehead atoms. The molecule has 21 heavy (non-hydrogen) atoms. The summed E-state index contributed by atoms with van der Waals surface area (Å²) in [5.74, 6) is 0.454. The third-order valence-electron chi connectivity index (χ3n) is 4.87. The van der Waals surface area contributed by atoms with Gasteiger partial charge in [0.2, 0.25) is 5.91 Å².